The van der Waals surface area contributed by atoms with Crippen LogP contribution in [0.25, 0.3) is 5.69 Å². The Morgan fingerprint density at radius 3 is 2.59 bits per heavy atom. The number of hydrogen-bond acceptors (Lipinski definition) is 5. The lowest BCUT2D eigenvalue weighted by Gasteiger charge is -2.13. The van der Waals surface area contributed by atoms with Gasteiger partial charge in [-0.1, -0.05) is 48.2 Å². The molecule has 1 amide bonds. The van der Waals surface area contributed by atoms with Gasteiger partial charge >= 0.3 is 0 Å². The molecule has 4 aromatic rings. The zero-order valence-corrected chi connectivity index (χ0v) is 19.9. The summed E-state index contributed by atoms with van der Waals surface area (Å²) in [6.45, 7) is 6.11. The zero-order chi connectivity index (χ0) is 24.2. The molecule has 0 fully saturated rings. The van der Waals surface area contributed by atoms with E-state index < -0.39 is 5.82 Å². The van der Waals surface area contributed by atoms with Crippen molar-refractivity contribution in [1.29, 1.82) is 5.26 Å². The van der Waals surface area contributed by atoms with Crippen LogP contribution in [-0.4, -0.2) is 31.0 Å². The summed E-state index contributed by atoms with van der Waals surface area (Å²) in [4.78, 5) is 12.9. The Balaban J connectivity index is 1.55. The van der Waals surface area contributed by atoms with Crippen LogP contribution in [0.3, 0.4) is 0 Å². The summed E-state index contributed by atoms with van der Waals surface area (Å²) in [7, 11) is 0. The number of anilines is 1. The maximum atomic E-state index is 13.9. The number of hydrogen-bond donors (Lipinski definition) is 1. The van der Waals surface area contributed by atoms with E-state index in [0.29, 0.717) is 28.8 Å². The molecule has 0 aliphatic heterocycles. The maximum absolute atomic E-state index is 13.9. The summed E-state index contributed by atoms with van der Waals surface area (Å²) in [6, 6.07) is 18.2. The number of aromatic nitrogens is 4. The number of aryl methyl sites for hydroxylation is 1. The molecule has 34 heavy (non-hydrogen) atoms. The SMILES string of the molecule is Cc1c(C#N)c(NC(=O)CSc2nnc(C)n2Cc2ccccc2)n(-c2cccc(F)c2)c1C. The van der Waals surface area contributed by atoms with Gasteiger partial charge < -0.3 is 9.88 Å². The lowest BCUT2D eigenvalue weighted by Crippen LogP contribution is -2.18. The summed E-state index contributed by atoms with van der Waals surface area (Å²) >= 11 is 1.27. The smallest absolute Gasteiger partial charge is 0.236 e. The van der Waals surface area contributed by atoms with E-state index in [4.69, 9.17) is 0 Å². The predicted octanol–water partition coefficient (Wildman–Crippen LogP) is 4.78. The van der Waals surface area contributed by atoms with Gasteiger partial charge in [-0.15, -0.1) is 10.2 Å². The molecule has 4 rings (SSSR count). The largest absolute Gasteiger partial charge is 0.310 e. The molecule has 7 nitrogen and oxygen atoms in total. The Bertz CT molecular complexity index is 1390. The Labute approximate surface area is 201 Å². The lowest BCUT2D eigenvalue weighted by molar-refractivity contribution is -0.113. The van der Waals surface area contributed by atoms with E-state index in [-0.39, 0.29) is 11.7 Å². The summed E-state index contributed by atoms with van der Waals surface area (Å²) in [6.07, 6.45) is 0. The van der Waals surface area contributed by atoms with Crippen molar-refractivity contribution in [1.82, 2.24) is 19.3 Å². The minimum atomic E-state index is -0.400. The van der Waals surface area contributed by atoms with Crippen LogP contribution in [0.2, 0.25) is 0 Å². The highest BCUT2D eigenvalue weighted by Crippen LogP contribution is 2.30. The van der Waals surface area contributed by atoms with Crippen molar-refractivity contribution in [2.45, 2.75) is 32.5 Å². The first-order valence-electron chi connectivity index (χ1n) is 10.6. The monoisotopic (exact) mass is 474 g/mol. The molecule has 0 saturated heterocycles. The first-order valence-corrected chi connectivity index (χ1v) is 11.6. The standard InChI is InChI=1S/C25H23FN6OS/c1-16-17(2)32(21-11-7-10-20(26)12-21)24(22(16)13-27)28-23(33)15-34-25-30-29-18(3)31(25)14-19-8-5-4-6-9-19/h4-12H,14-15H2,1-3H3,(H,28,33). The van der Waals surface area contributed by atoms with E-state index in [2.05, 4.69) is 21.6 Å². The second-order valence-corrected chi connectivity index (χ2v) is 8.74. The molecule has 0 atom stereocenters. The molecule has 2 aromatic heterocycles. The number of nitrogens with one attached hydrogen (secondary N) is 1. The third-order valence-corrected chi connectivity index (χ3v) is 6.53. The fraction of sp³-hybridized carbons (Fsp3) is 0.200. The fourth-order valence-electron chi connectivity index (χ4n) is 3.71. The Morgan fingerprint density at radius 2 is 1.88 bits per heavy atom. The normalized spacial score (nSPS) is 10.8. The van der Waals surface area contributed by atoms with Crippen molar-refractivity contribution in [3.63, 3.8) is 0 Å². The third-order valence-electron chi connectivity index (χ3n) is 5.57. The van der Waals surface area contributed by atoms with Crippen LogP contribution in [0.1, 0.15) is 28.2 Å². The minimum absolute atomic E-state index is 0.0736. The topological polar surface area (TPSA) is 88.5 Å². The van der Waals surface area contributed by atoms with Crippen LogP contribution < -0.4 is 5.32 Å². The summed E-state index contributed by atoms with van der Waals surface area (Å²) < 4.78 is 17.5. The number of carbonyl (C=O) groups excluding carboxylic acids is 1. The molecular formula is C25H23FN6OS. The molecule has 0 spiro atoms. The lowest BCUT2D eigenvalue weighted by atomic mass is 10.2. The van der Waals surface area contributed by atoms with Gasteiger partial charge in [-0.3, -0.25) is 9.36 Å². The molecule has 0 aliphatic carbocycles. The molecule has 0 bridgehead atoms. The van der Waals surface area contributed by atoms with Crippen LogP contribution in [0.5, 0.6) is 0 Å². The zero-order valence-electron chi connectivity index (χ0n) is 19.0. The second-order valence-electron chi connectivity index (χ2n) is 7.80. The van der Waals surface area contributed by atoms with Crippen LogP contribution in [0, 0.1) is 37.9 Å². The molecule has 172 valence electrons. The Kier molecular flexibility index (Phi) is 6.80. The van der Waals surface area contributed by atoms with E-state index in [9.17, 15) is 14.4 Å². The molecular weight excluding hydrogens is 451 g/mol. The Morgan fingerprint density at radius 1 is 1.12 bits per heavy atom. The number of nitrogens with zero attached hydrogens (tertiary/aromatic N) is 5. The predicted molar refractivity (Wildman–Crippen MR) is 130 cm³/mol. The average molecular weight is 475 g/mol. The van der Waals surface area contributed by atoms with Gasteiger partial charge in [0.2, 0.25) is 5.91 Å². The molecule has 0 radical (unpaired) electrons. The van der Waals surface area contributed by atoms with Crippen LogP contribution in [0.15, 0.2) is 59.8 Å². The molecule has 0 saturated carbocycles. The molecule has 1 N–H and O–H groups in total. The molecule has 2 aromatic carbocycles. The minimum Gasteiger partial charge on any atom is -0.310 e. The van der Waals surface area contributed by atoms with Crippen molar-refractivity contribution in [2.75, 3.05) is 11.1 Å². The van der Waals surface area contributed by atoms with Gasteiger partial charge in [-0.2, -0.15) is 5.26 Å². The third kappa shape index (κ3) is 4.72. The second kappa shape index (κ2) is 9.93. The summed E-state index contributed by atoms with van der Waals surface area (Å²) in [5.74, 6) is 0.455. The molecule has 0 unspecified atom stereocenters. The number of amides is 1. The van der Waals surface area contributed by atoms with Gasteiger partial charge in [0, 0.05) is 5.69 Å². The van der Waals surface area contributed by atoms with Gasteiger partial charge in [-0.25, -0.2) is 4.39 Å². The van der Waals surface area contributed by atoms with E-state index in [1.807, 2.05) is 55.7 Å². The van der Waals surface area contributed by atoms with Crippen molar-refractivity contribution in [3.05, 3.63) is 88.6 Å². The van der Waals surface area contributed by atoms with Crippen molar-refractivity contribution in [2.24, 2.45) is 0 Å². The highest BCUT2D eigenvalue weighted by Gasteiger charge is 2.21. The first-order chi connectivity index (χ1) is 16.4. The van der Waals surface area contributed by atoms with E-state index >= 15 is 0 Å². The fourth-order valence-corrected chi connectivity index (χ4v) is 4.50. The van der Waals surface area contributed by atoms with E-state index in [1.54, 1.807) is 16.7 Å². The number of nitriles is 1. The van der Waals surface area contributed by atoms with Gasteiger partial charge in [0.25, 0.3) is 0 Å². The van der Waals surface area contributed by atoms with Crippen molar-refractivity contribution >= 4 is 23.5 Å². The molecule has 2 heterocycles. The summed E-state index contributed by atoms with van der Waals surface area (Å²) in [5, 5.41) is 21.6. The van der Waals surface area contributed by atoms with Crippen LogP contribution in [0.4, 0.5) is 10.2 Å². The number of rotatable bonds is 7. The van der Waals surface area contributed by atoms with Gasteiger partial charge in [0.1, 0.15) is 23.5 Å². The van der Waals surface area contributed by atoms with Gasteiger partial charge in [0.15, 0.2) is 5.16 Å². The highest BCUT2D eigenvalue weighted by molar-refractivity contribution is 7.99. The van der Waals surface area contributed by atoms with Crippen molar-refractivity contribution in [3.8, 4) is 11.8 Å². The van der Waals surface area contributed by atoms with Crippen LogP contribution in [-0.2, 0) is 11.3 Å². The number of thioether (sulfide) groups is 1. The van der Waals surface area contributed by atoms with Crippen molar-refractivity contribution < 1.29 is 9.18 Å². The van der Waals surface area contributed by atoms with E-state index in [1.165, 1.54) is 23.9 Å². The highest BCUT2D eigenvalue weighted by atomic mass is 32.2. The summed E-state index contributed by atoms with van der Waals surface area (Å²) in [5.41, 5.74) is 3.47. The molecule has 0 aliphatic rings. The van der Waals surface area contributed by atoms with E-state index in [0.717, 1.165) is 22.6 Å². The van der Waals surface area contributed by atoms with Crippen LogP contribution >= 0.6 is 11.8 Å². The number of halogens is 1. The Hall–Kier alpha value is -3.90. The average Bonchev–Trinajstić information content (AvgIpc) is 3.29. The van der Waals surface area contributed by atoms with Gasteiger partial charge in [-0.05, 0) is 50.1 Å². The first kappa shape index (κ1) is 23.3. The number of carbonyl (C=O) groups is 1. The quantitative estimate of drug-likeness (QED) is 0.389. The van der Waals surface area contributed by atoms with Gasteiger partial charge in [0.05, 0.1) is 23.5 Å². The molecule has 9 heteroatoms. The maximum Gasteiger partial charge on any atom is 0.236 e. The number of benzene rings is 2.